The molecule has 0 saturated carbocycles. The molecule has 0 aromatic carbocycles. The van der Waals surface area contributed by atoms with Crippen molar-refractivity contribution in [2.45, 2.75) is 53.0 Å². The molecule has 5 heteroatoms. The molecule has 1 aliphatic rings. The average molecular weight is 284 g/mol. The van der Waals surface area contributed by atoms with Crippen LogP contribution in [0.4, 0.5) is 0 Å². The predicted octanol–water partition coefficient (Wildman–Crippen LogP) is 1.72. The normalized spacial score (nSPS) is 20.2. The Morgan fingerprint density at radius 1 is 1.20 bits per heavy atom. The monoisotopic (exact) mass is 284 g/mol. The second kappa shape index (κ2) is 7.07. The SMILES string of the molecule is CC(CN1CCCCC1)NC(=O)C(C(=O)O)C(C)(C)C. The van der Waals surface area contributed by atoms with Gasteiger partial charge in [-0.05, 0) is 38.3 Å². The fourth-order valence-corrected chi connectivity index (χ4v) is 2.78. The minimum absolute atomic E-state index is 0.0233. The molecule has 20 heavy (non-hydrogen) atoms. The Kier molecular flexibility index (Phi) is 5.99. The highest BCUT2D eigenvalue weighted by Crippen LogP contribution is 2.26. The second-order valence-corrected chi connectivity index (χ2v) is 6.91. The Morgan fingerprint density at radius 2 is 1.75 bits per heavy atom. The molecule has 1 amide bonds. The van der Waals surface area contributed by atoms with E-state index in [1.807, 2.05) is 6.92 Å². The van der Waals surface area contributed by atoms with E-state index in [0.29, 0.717) is 0 Å². The van der Waals surface area contributed by atoms with Gasteiger partial charge < -0.3 is 15.3 Å². The maximum Gasteiger partial charge on any atom is 0.316 e. The number of nitrogens with one attached hydrogen (secondary N) is 1. The maximum absolute atomic E-state index is 12.2. The van der Waals surface area contributed by atoms with Crippen LogP contribution in [0.15, 0.2) is 0 Å². The first kappa shape index (κ1) is 17.0. The van der Waals surface area contributed by atoms with Crippen LogP contribution < -0.4 is 5.32 Å². The summed E-state index contributed by atoms with van der Waals surface area (Å²) in [6.07, 6.45) is 3.70. The highest BCUT2D eigenvalue weighted by atomic mass is 16.4. The standard InChI is InChI=1S/C15H28N2O3/c1-11(10-17-8-6-5-7-9-17)16-13(18)12(14(19)20)15(2,3)4/h11-12H,5-10H2,1-4H3,(H,16,18)(H,19,20). The molecule has 0 bridgehead atoms. The van der Waals surface area contributed by atoms with Crippen LogP contribution in [-0.4, -0.2) is 47.6 Å². The molecule has 5 nitrogen and oxygen atoms in total. The predicted molar refractivity (Wildman–Crippen MR) is 78.5 cm³/mol. The van der Waals surface area contributed by atoms with E-state index in [1.165, 1.54) is 19.3 Å². The summed E-state index contributed by atoms with van der Waals surface area (Å²) in [6, 6.07) is -0.0233. The smallest absolute Gasteiger partial charge is 0.316 e. The van der Waals surface area contributed by atoms with Crippen molar-refractivity contribution in [1.82, 2.24) is 10.2 Å². The number of amides is 1. The summed E-state index contributed by atoms with van der Waals surface area (Å²) in [5, 5.41) is 12.1. The van der Waals surface area contributed by atoms with Crippen LogP contribution in [-0.2, 0) is 9.59 Å². The largest absolute Gasteiger partial charge is 0.481 e. The van der Waals surface area contributed by atoms with Crippen LogP contribution >= 0.6 is 0 Å². The minimum atomic E-state index is -1.06. The van der Waals surface area contributed by atoms with Gasteiger partial charge in [0.2, 0.25) is 5.91 Å². The molecule has 1 heterocycles. The number of hydrogen-bond donors (Lipinski definition) is 2. The van der Waals surface area contributed by atoms with Crippen molar-refractivity contribution in [2.75, 3.05) is 19.6 Å². The van der Waals surface area contributed by atoms with Gasteiger partial charge in [0, 0.05) is 12.6 Å². The molecule has 0 radical (unpaired) electrons. The molecule has 116 valence electrons. The summed E-state index contributed by atoms with van der Waals surface area (Å²) in [7, 11) is 0. The Morgan fingerprint density at radius 3 is 2.20 bits per heavy atom. The number of nitrogens with zero attached hydrogens (tertiary/aromatic N) is 1. The zero-order valence-corrected chi connectivity index (χ0v) is 13.1. The average Bonchev–Trinajstić information content (AvgIpc) is 2.26. The number of carbonyl (C=O) groups excluding carboxylic acids is 1. The summed E-state index contributed by atoms with van der Waals surface area (Å²) in [5.74, 6) is -2.44. The molecule has 0 aliphatic carbocycles. The quantitative estimate of drug-likeness (QED) is 0.754. The molecule has 1 rings (SSSR count). The van der Waals surface area contributed by atoms with Crippen molar-refractivity contribution in [3.8, 4) is 0 Å². The summed E-state index contributed by atoms with van der Waals surface area (Å²) >= 11 is 0. The molecule has 2 N–H and O–H groups in total. The molecule has 1 fully saturated rings. The van der Waals surface area contributed by atoms with Gasteiger partial charge in [0.25, 0.3) is 0 Å². The molecular formula is C15H28N2O3. The Balaban J connectivity index is 2.52. The van der Waals surface area contributed by atoms with Crippen LogP contribution in [0.3, 0.4) is 0 Å². The van der Waals surface area contributed by atoms with Crippen LogP contribution in [0.2, 0.25) is 0 Å². The molecule has 0 aromatic heterocycles. The van der Waals surface area contributed by atoms with Gasteiger partial charge >= 0.3 is 5.97 Å². The lowest BCUT2D eigenvalue weighted by atomic mass is 9.80. The Bertz CT molecular complexity index is 344. The van der Waals surface area contributed by atoms with E-state index in [-0.39, 0.29) is 11.9 Å². The van der Waals surface area contributed by atoms with E-state index < -0.39 is 17.3 Å². The number of aliphatic carboxylic acids is 1. The van der Waals surface area contributed by atoms with Crippen molar-refractivity contribution >= 4 is 11.9 Å². The van der Waals surface area contributed by atoms with Crippen molar-refractivity contribution < 1.29 is 14.7 Å². The lowest BCUT2D eigenvalue weighted by molar-refractivity contribution is -0.151. The van der Waals surface area contributed by atoms with E-state index in [2.05, 4.69) is 10.2 Å². The second-order valence-electron chi connectivity index (χ2n) is 6.91. The number of carboxylic acids is 1. The number of carboxylic acid groups (broad SMARTS) is 1. The fourth-order valence-electron chi connectivity index (χ4n) is 2.78. The van der Waals surface area contributed by atoms with Gasteiger partial charge in [-0.25, -0.2) is 0 Å². The van der Waals surface area contributed by atoms with Crippen LogP contribution in [0.5, 0.6) is 0 Å². The minimum Gasteiger partial charge on any atom is -0.481 e. The summed E-state index contributed by atoms with van der Waals surface area (Å²) in [4.78, 5) is 25.8. The summed E-state index contributed by atoms with van der Waals surface area (Å²) in [5.41, 5.74) is -0.583. The highest BCUT2D eigenvalue weighted by Gasteiger charge is 2.38. The van der Waals surface area contributed by atoms with E-state index in [0.717, 1.165) is 19.6 Å². The first-order chi connectivity index (χ1) is 9.21. The van der Waals surface area contributed by atoms with Gasteiger partial charge in [-0.3, -0.25) is 9.59 Å². The first-order valence-electron chi connectivity index (χ1n) is 7.47. The van der Waals surface area contributed by atoms with Gasteiger partial charge in [0.05, 0.1) is 0 Å². The van der Waals surface area contributed by atoms with Crippen LogP contribution in [0.25, 0.3) is 0 Å². The molecule has 1 saturated heterocycles. The molecule has 2 atom stereocenters. The topological polar surface area (TPSA) is 69.6 Å². The maximum atomic E-state index is 12.2. The fraction of sp³-hybridized carbons (Fsp3) is 0.867. The van der Waals surface area contributed by atoms with E-state index in [9.17, 15) is 14.7 Å². The molecule has 0 spiro atoms. The zero-order chi connectivity index (χ0) is 15.3. The van der Waals surface area contributed by atoms with Gasteiger partial charge in [-0.2, -0.15) is 0 Å². The van der Waals surface area contributed by atoms with E-state index in [4.69, 9.17) is 0 Å². The van der Waals surface area contributed by atoms with Crippen molar-refractivity contribution in [2.24, 2.45) is 11.3 Å². The third kappa shape index (κ3) is 5.12. The third-order valence-corrected chi connectivity index (χ3v) is 3.74. The lowest BCUT2D eigenvalue weighted by Crippen LogP contribution is -2.49. The van der Waals surface area contributed by atoms with Gasteiger partial charge in [-0.15, -0.1) is 0 Å². The highest BCUT2D eigenvalue weighted by molar-refractivity contribution is 5.97. The van der Waals surface area contributed by atoms with E-state index in [1.54, 1.807) is 20.8 Å². The molecule has 2 unspecified atom stereocenters. The zero-order valence-electron chi connectivity index (χ0n) is 13.1. The third-order valence-electron chi connectivity index (χ3n) is 3.74. The Labute approximate surface area is 121 Å². The number of piperidine rings is 1. The van der Waals surface area contributed by atoms with E-state index >= 15 is 0 Å². The van der Waals surface area contributed by atoms with Crippen molar-refractivity contribution in [3.63, 3.8) is 0 Å². The van der Waals surface area contributed by atoms with Crippen molar-refractivity contribution in [3.05, 3.63) is 0 Å². The van der Waals surface area contributed by atoms with Gasteiger partial charge in [-0.1, -0.05) is 27.2 Å². The van der Waals surface area contributed by atoms with Gasteiger partial charge in [0.15, 0.2) is 0 Å². The van der Waals surface area contributed by atoms with Gasteiger partial charge in [0.1, 0.15) is 5.92 Å². The Hall–Kier alpha value is -1.10. The molecule has 0 aromatic rings. The number of likely N-dealkylation sites (tertiary alicyclic amines) is 1. The van der Waals surface area contributed by atoms with Crippen LogP contribution in [0, 0.1) is 11.3 Å². The first-order valence-corrected chi connectivity index (χ1v) is 7.47. The van der Waals surface area contributed by atoms with Crippen LogP contribution in [0.1, 0.15) is 47.0 Å². The summed E-state index contributed by atoms with van der Waals surface area (Å²) in [6.45, 7) is 10.2. The number of carbonyl (C=O) groups is 2. The van der Waals surface area contributed by atoms with Crippen molar-refractivity contribution in [1.29, 1.82) is 0 Å². The molecule has 1 aliphatic heterocycles. The number of rotatable bonds is 5. The lowest BCUT2D eigenvalue weighted by Gasteiger charge is -2.31. The number of hydrogen-bond acceptors (Lipinski definition) is 3. The molecular weight excluding hydrogens is 256 g/mol. The summed E-state index contributed by atoms with van der Waals surface area (Å²) < 4.78 is 0.